The SMILES string of the molecule is CCOc1ccc(C(NC)c2ccc(CC)s2)cc1Br. The van der Waals surface area contributed by atoms with E-state index in [1.165, 1.54) is 15.3 Å². The van der Waals surface area contributed by atoms with Gasteiger partial charge in [-0.3, -0.25) is 0 Å². The molecule has 0 amide bonds. The van der Waals surface area contributed by atoms with Gasteiger partial charge in [0.05, 0.1) is 17.1 Å². The summed E-state index contributed by atoms with van der Waals surface area (Å²) in [4.78, 5) is 2.77. The molecular formula is C16H20BrNOS. The van der Waals surface area contributed by atoms with Crippen molar-refractivity contribution < 1.29 is 4.74 Å². The predicted octanol–water partition coefficient (Wildman–Crippen LogP) is 4.78. The van der Waals surface area contributed by atoms with Crippen LogP contribution in [0.4, 0.5) is 0 Å². The Kier molecular flexibility index (Phi) is 5.64. The Bertz CT molecular complexity index is 567. The van der Waals surface area contributed by atoms with E-state index < -0.39 is 0 Å². The van der Waals surface area contributed by atoms with Gasteiger partial charge in [0.25, 0.3) is 0 Å². The number of halogens is 1. The normalized spacial score (nSPS) is 12.4. The number of hydrogen-bond acceptors (Lipinski definition) is 3. The van der Waals surface area contributed by atoms with E-state index in [0.29, 0.717) is 6.61 Å². The molecule has 20 heavy (non-hydrogen) atoms. The molecule has 0 bridgehead atoms. The van der Waals surface area contributed by atoms with Crippen molar-refractivity contribution >= 4 is 27.3 Å². The molecule has 0 spiro atoms. The summed E-state index contributed by atoms with van der Waals surface area (Å²) in [6, 6.07) is 11.0. The standard InChI is InChI=1S/C16H20BrNOS/c1-4-12-7-9-15(20-12)16(18-3)11-6-8-14(19-5-2)13(17)10-11/h6-10,16,18H,4-5H2,1-3H3. The zero-order valence-corrected chi connectivity index (χ0v) is 14.5. The van der Waals surface area contributed by atoms with Crippen LogP contribution in [0.1, 0.15) is 35.2 Å². The van der Waals surface area contributed by atoms with Crippen LogP contribution < -0.4 is 10.1 Å². The molecule has 2 nitrogen and oxygen atoms in total. The van der Waals surface area contributed by atoms with E-state index in [9.17, 15) is 0 Å². The molecule has 4 heteroatoms. The molecule has 0 saturated carbocycles. The molecule has 0 fully saturated rings. The molecule has 2 rings (SSSR count). The number of benzene rings is 1. The number of nitrogens with one attached hydrogen (secondary N) is 1. The number of rotatable bonds is 6. The van der Waals surface area contributed by atoms with Gasteiger partial charge in [-0.1, -0.05) is 13.0 Å². The van der Waals surface area contributed by atoms with Crippen molar-refractivity contribution in [2.75, 3.05) is 13.7 Å². The lowest BCUT2D eigenvalue weighted by Crippen LogP contribution is -2.16. The molecule has 1 N–H and O–H groups in total. The summed E-state index contributed by atoms with van der Waals surface area (Å²) in [6.45, 7) is 4.87. The Morgan fingerprint density at radius 1 is 1.25 bits per heavy atom. The molecule has 1 heterocycles. The van der Waals surface area contributed by atoms with Crippen molar-refractivity contribution in [2.24, 2.45) is 0 Å². The van der Waals surface area contributed by atoms with E-state index in [-0.39, 0.29) is 6.04 Å². The van der Waals surface area contributed by atoms with E-state index in [1.807, 2.05) is 31.4 Å². The van der Waals surface area contributed by atoms with Gasteiger partial charge < -0.3 is 10.1 Å². The molecule has 0 aliphatic carbocycles. The van der Waals surface area contributed by atoms with E-state index in [2.05, 4.69) is 52.4 Å². The summed E-state index contributed by atoms with van der Waals surface area (Å²) in [5, 5.41) is 3.40. The maximum absolute atomic E-state index is 5.57. The highest BCUT2D eigenvalue weighted by atomic mass is 79.9. The van der Waals surface area contributed by atoms with Gasteiger partial charge in [0, 0.05) is 9.75 Å². The lowest BCUT2D eigenvalue weighted by Gasteiger charge is -2.16. The van der Waals surface area contributed by atoms with Crippen LogP contribution in [-0.4, -0.2) is 13.7 Å². The smallest absolute Gasteiger partial charge is 0.133 e. The van der Waals surface area contributed by atoms with Crippen molar-refractivity contribution in [3.05, 3.63) is 50.1 Å². The lowest BCUT2D eigenvalue weighted by molar-refractivity contribution is 0.338. The minimum Gasteiger partial charge on any atom is -0.493 e. The molecule has 0 radical (unpaired) electrons. The van der Waals surface area contributed by atoms with Gasteiger partial charge in [0.15, 0.2) is 0 Å². The summed E-state index contributed by atoms with van der Waals surface area (Å²) >= 11 is 5.46. The van der Waals surface area contributed by atoms with Gasteiger partial charge in [-0.15, -0.1) is 11.3 Å². The van der Waals surface area contributed by atoms with Crippen LogP contribution in [0, 0.1) is 0 Å². The van der Waals surface area contributed by atoms with E-state index >= 15 is 0 Å². The molecule has 0 aliphatic rings. The average Bonchev–Trinajstić information content (AvgIpc) is 2.91. The third-order valence-electron chi connectivity index (χ3n) is 3.19. The molecule has 108 valence electrons. The van der Waals surface area contributed by atoms with Crippen LogP contribution in [0.25, 0.3) is 0 Å². The van der Waals surface area contributed by atoms with E-state index in [0.717, 1.165) is 16.6 Å². The second kappa shape index (κ2) is 7.25. The van der Waals surface area contributed by atoms with Crippen molar-refractivity contribution in [3.8, 4) is 5.75 Å². The number of aryl methyl sites for hydroxylation is 1. The fourth-order valence-electron chi connectivity index (χ4n) is 2.18. The average molecular weight is 354 g/mol. The molecular weight excluding hydrogens is 334 g/mol. The maximum Gasteiger partial charge on any atom is 0.133 e. The second-order valence-electron chi connectivity index (χ2n) is 4.50. The molecule has 1 atom stereocenters. The summed E-state index contributed by atoms with van der Waals surface area (Å²) in [6.07, 6.45) is 1.09. The third kappa shape index (κ3) is 3.43. The van der Waals surface area contributed by atoms with Crippen LogP contribution in [0.3, 0.4) is 0 Å². The largest absolute Gasteiger partial charge is 0.493 e. The minimum absolute atomic E-state index is 0.229. The Morgan fingerprint density at radius 3 is 2.60 bits per heavy atom. The highest BCUT2D eigenvalue weighted by Crippen LogP contribution is 2.33. The third-order valence-corrected chi connectivity index (χ3v) is 5.11. The van der Waals surface area contributed by atoms with Crippen molar-refractivity contribution in [1.82, 2.24) is 5.32 Å². The quantitative estimate of drug-likeness (QED) is 0.806. The summed E-state index contributed by atoms with van der Waals surface area (Å²) in [5.41, 5.74) is 1.24. The van der Waals surface area contributed by atoms with E-state index in [1.54, 1.807) is 0 Å². The Balaban J connectivity index is 2.29. The maximum atomic E-state index is 5.57. The zero-order chi connectivity index (χ0) is 14.5. The van der Waals surface area contributed by atoms with Crippen LogP contribution >= 0.6 is 27.3 Å². The Morgan fingerprint density at radius 2 is 2.05 bits per heavy atom. The summed E-state index contributed by atoms with van der Waals surface area (Å²) in [7, 11) is 2.00. The lowest BCUT2D eigenvalue weighted by atomic mass is 10.1. The fourth-order valence-corrected chi connectivity index (χ4v) is 3.78. The topological polar surface area (TPSA) is 21.3 Å². The first-order valence-electron chi connectivity index (χ1n) is 6.87. The van der Waals surface area contributed by atoms with Gasteiger partial charge in [-0.25, -0.2) is 0 Å². The van der Waals surface area contributed by atoms with Crippen molar-refractivity contribution in [3.63, 3.8) is 0 Å². The predicted molar refractivity (Wildman–Crippen MR) is 89.9 cm³/mol. The highest BCUT2D eigenvalue weighted by Gasteiger charge is 2.15. The van der Waals surface area contributed by atoms with Crippen molar-refractivity contribution in [2.45, 2.75) is 26.3 Å². The van der Waals surface area contributed by atoms with Gasteiger partial charge in [-0.05, 0) is 66.2 Å². The van der Waals surface area contributed by atoms with Crippen LogP contribution in [0.5, 0.6) is 5.75 Å². The molecule has 1 unspecified atom stereocenters. The van der Waals surface area contributed by atoms with Gasteiger partial charge in [0.1, 0.15) is 5.75 Å². The number of thiophene rings is 1. The first kappa shape index (κ1) is 15.5. The van der Waals surface area contributed by atoms with Crippen LogP contribution in [-0.2, 0) is 6.42 Å². The molecule has 0 aliphatic heterocycles. The summed E-state index contributed by atoms with van der Waals surface area (Å²) in [5.74, 6) is 0.895. The molecule has 1 aromatic heterocycles. The zero-order valence-electron chi connectivity index (χ0n) is 12.1. The monoisotopic (exact) mass is 353 g/mol. The van der Waals surface area contributed by atoms with E-state index in [4.69, 9.17) is 4.74 Å². The fraction of sp³-hybridized carbons (Fsp3) is 0.375. The van der Waals surface area contributed by atoms with Crippen LogP contribution in [0.15, 0.2) is 34.8 Å². The second-order valence-corrected chi connectivity index (χ2v) is 6.56. The van der Waals surface area contributed by atoms with Gasteiger partial charge in [-0.2, -0.15) is 0 Å². The Hall–Kier alpha value is -0.840. The molecule has 1 aromatic carbocycles. The van der Waals surface area contributed by atoms with Crippen LogP contribution in [0.2, 0.25) is 0 Å². The van der Waals surface area contributed by atoms with Gasteiger partial charge >= 0.3 is 0 Å². The number of hydrogen-bond donors (Lipinski definition) is 1. The minimum atomic E-state index is 0.229. The Labute approximate surface area is 133 Å². The van der Waals surface area contributed by atoms with Gasteiger partial charge in [0.2, 0.25) is 0 Å². The summed E-state index contributed by atoms with van der Waals surface area (Å²) < 4.78 is 6.57. The first-order valence-corrected chi connectivity index (χ1v) is 8.48. The van der Waals surface area contributed by atoms with Crippen molar-refractivity contribution in [1.29, 1.82) is 0 Å². The first-order chi connectivity index (χ1) is 9.69. The molecule has 0 saturated heterocycles. The number of ether oxygens (including phenoxy) is 1. The highest BCUT2D eigenvalue weighted by molar-refractivity contribution is 9.10. The molecule has 2 aromatic rings.